The van der Waals surface area contributed by atoms with Crippen molar-refractivity contribution in [2.24, 2.45) is 0 Å². The monoisotopic (exact) mass is 350 g/mol. The van der Waals surface area contributed by atoms with E-state index in [9.17, 15) is 0 Å². The second-order valence-electron chi connectivity index (χ2n) is 5.22. The Balaban J connectivity index is 2.40. The fourth-order valence-electron chi connectivity index (χ4n) is 1.71. The van der Waals surface area contributed by atoms with Crippen molar-refractivity contribution in [2.75, 3.05) is 18.1 Å². The van der Waals surface area contributed by atoms with Crippen LogP contribution in [-0.4, -0.2) is 28.1 Å². The third-order valence-corrected chi connectivity index (χ3v) is 4.89. The van der Waals surface area contributed by atoms with Crippen molar-refractivity contribution in [1.29, 1.82) is 0 Å². The van der Waals surface area contributed by atoms with Gasteiger partial charge in [-0.3, -0.25) is 0 Å². The van der Waals surface area contributed by atoms with Crippen LogP contribution in [0.4, 0.5) is 0 Å². The highest BCUT2D eigenvalue weighted by Crippen LogP contribution is 2.34. The van der Waals surface area contributed by atoms with Gasteiger partial charge in [0.15, 0.2) is 5.82 Å². The van der Waals surface area contributed by atoms with E-state index < -0.39 is 0 Å². The lowest BCUT2D eigenvalue weighted by Crippen LogP contribution is -2.22. The fourth-order valence-corrected chi connectivity index (χ4v) is 3.50. The summed E-state index contributed by atoms with van der Waals surface area (Å²) in [6.45, 7) is 7.07. The summed E-state index contributed by atoms with van der Waals surface area (Å²) in [7, 11) is 0. The molecule has 0 radical (unpaired) electrons. The highest BCUT2D eigenvalue weighted by Gasteiger charge is 2.26. The van der Waals surface area contributed by atoms with Crippen molar-refractivity contribution in [1.82, 2.24) is 9.97 Å². The maximum Gasteiger partial charge on any atom is 0.160 e. The Morgan fingerprint density at radius 2 is 2.11 bits per heavy atom. The van der Waals surface area contributed by atoms with Crippen molar-refractivity contribution in [3.8, 4) is 0 Å². The molecule has 0 bridgehead atoms. The van der Waals surface area contributed by atoms with Gasteiger partial charge in [-0.25, -0.2) is 9.97 Å². The minimum absolute atomic E-state index is 0.0459. The molecule has 0 aromatic carbocycles. The highest BCUT2D eigenvalue weighted by atomic mass is 79.9. The Kier molecular flexibility index (Phi) is 4.57. The van der Waals surface area contributed by atoms with Crippen LogP contribution < -0.4 is 0 Å². The summed E-state index contributed by atoms with van der Waals surface area (Å²) in [5.74, 6) is 2.62. The number of nitrogens with zero attached hydrogens (tertiary/aromatic N) is 2. The van der Waals surface area contributed by atoms with Gasteiger partial charge in [-0.15, -0.1) is 0 Å². The number of aromatic nitrogens is 2. The van der Waals surface area contributed by atoms with Crippen LogP contribution in [0.1, 0.15) is 38.4 Å². The van der Waals surface area contributed by atoms with Gasteiger partial charge in [0.2, 0.25) is 0 Å². The fraction of sp³-hybridized carbons (Fsp3) is 0.667. The molecule has 3 nitrogen and oxygen atoms in total. The Labute approximate surface area is 125 Å². The summed E-state index contributed by atoms with van der Waals surface area (Å²) in [5, 5.41) is 0.462. The Morgan fingerprint density at radius 3 is 2.67 bits per heavy atom. The van der Waals surface area contributed by atoms with E-state index in [2.05, 4.69) is 46.7 Å². The minimum Gasteiger partial charge on any atom is -0.368 e. The van der Waals surface area contributed by atoms with E-state index in [1.807, 2.05) is 11.8 Å². The van der Waals surface area contributed by atoms with E-state index in [1.165, 1.54) is 0 Å². The molecule has 0 amide bonds. The van der Waals surface area contributed by atoms with E-state index in [0.29, 0.717) is 11.0 Å². The van der Waals surface area contributed by atoms with Crippen LogP contribution in [0.5, 0.6) is 0 Å². The molecule has 100 valence electrons. The van der Waals surface area contributed by atoms with Gasteiger partial charge in [-0.2, -0.15) is 11.8 Å². The molecule has 0 saturated carbocycles. The standard InChI is InChI=1S/C12H16BrClN2OS/c1-12(2,3)9-8(13)10(14)16-11(15-9)7-6-18-5-4-17-7/h7H,4-6H2,1-3H3. The van der Waals surface area contributed by atoms with Crippen LogP contribution >= 0.6 is 39.3 Å². The molecule has 1 atom stereocenters. The Hall–Kier alpha value is 0.160. The predicted molar refractivity (Wildman–Crippen MR) is 79.5 cm³/mol. The average molecular weight is 352 g/mol. The molecule has 18 heavy (non-hydrogen) atoms. The van der Waals surface area contributed by atoms with Gasteiger partial charge in [0.25, 0.3) is 0 Å². The number of ether oxygens (including phenoxy) is 1. The molecule has 1 unspecified atom stereocenters. The number of thioether (sulfide) groups is 1. The predicted octanol–water partition coefficient (Wildman–Crippen LogP) is 3.99. The molecule has 6 heteroatoms. The average Bonchev–Trinajstić information content (AvgIpc) is 2.32. The topological polar surface area (TPSA) is 35.0 Å². The van der Waals surface area contributed by atoms with E-state index in [0.717, 1.165) is 28.3 Å². The first-order valence-electron chi connectivity index (χ1n) is 5.82. The summed E-state index contributed by atoms with van der Waals surface area (Å²) in [4.78, 5) is 8.99. The molecule has 1 aromatic heterocycles. The van der Waals surface area contributed by atoms with E-state index >= 15 is 0 Å². The molecular weight excluding hydrogens is 336 g/mol. The lowest BCUT2D eigenvalue weighted by molar-refractivity contribution is 0.0691. The third kappa shape index (κ3) is 3.18. The van der Waals surface area contributed by atoms with Gasteiger partial charge in [-0.05, 0) is 15.9 Å². The van der Waals surface area contributed by atoms with Crippen molar-refractivity contribution >= 4 is 39.3 Å². The van der Waals surface area contributed by atoms with E-state index in [-0.39, 0.29) is 11.5 Å². The number of hydrogen-bond acceptors (Lipinski definition) is 4. The number of hydrogen-bond donors (Lipinski definition) is 0. The third-order valence-electron chi connectivity index (χ3n) is 2.64. The largest absolute Gasteiger partial charge is 0.368 e. The first kappa shape index (κ1) is 14.6. The van der Waals surface area contributed by atoms with Crippen LogP contribution in [0.15, 0.2) is 4.47 Å². The molecule has 0 aliphatic carbocycles. The number of halogens is 2. The van der Waals surface area contributed by atoms with Gasteiger partial charge in [0.1, 0.15) is 11.3 Å². The van der Waals surface area contributed by atoms with Crippen LogP contribution in [0, 0.1) is 0 Å². The minimum atomic E-state index is -0.0814. The Bertz CT molecular complexity index is 444. The second-order valence-corrected chi connectivity index (χ2v) is 7.52. The van der Waals surface area contributed by atoms with E-state index in [4.69, 9.17) is 16.3 Å². The number of rotatable bonds is 1. The summed E-state index contributed by atoms with van der Waals surface area (Å²) in [6.07, 6.45) is -0.0459. The van der Waals surface area contributed by atoms with Gasteiger partial charge in [0.05, 0.1) is 16.8 Å². The zero-order valence-electron chi connectivity index (χ0n) is 10.7. The molecule has 1 aliphatic rings. The van der Waals surface area contributed by atoms with Gasteiger partial charge < -0.3 is 4.74 Å². The second kappa shape index (κ2) is 5.65. The molecule has 1 aliphatic heterocycles. The molecule has 2 rings (SSSR count). The van der Waals surface area contributed by atoms with Crippen LogP contribution in [0.25, 0.3) is 0 Å². The quantitative estimate of drug-likeness (QED) is 0.717. The molecule has 1 aromatic rings. The van der Waals surface area contributed by atoms with Crippen molar-refractivity contribution < 1.29 is 4.74 Å². The maximum absolute atomic E-state index is 6.18. The van der Waals surface area contributed by atoms with Gasteiger partial charge in [0, 0.05) is 16.9 Å². The van der Waals surface area contributed by atoms with Gasteiger partial charge >= 0.3 is 0 Å². The SMILES string of the molecule is CC(C)(C)c1nc(C2CSCCO2)nc(Cl)c1Br. The molecule has 0 N–H and O–H groups in total. The lowest BCUT2D eigenvalue weighted by atomic mass is 9.92. The van der Waals surface area contributed by atoms with Crippen molar-refractivity contribution in [2.45, 2.75) is 32.3 Å². The van der Waals surface area contributed by atoms with E-state index in [1.54, 1.807) is 0 Å². The smallest absolute Gasteiger partial charge is 0.160 e. The molecule has 1 fully saturated rings. The zero-order valence-corrected chi connectivity index (χ0v) is 13.8. The van der Waals surface area contributed by atoms with Crippen LogP contribution in [0.2, 0.25) is 5.15 Å². The highest BCUT2D eigenvalue weighted by molar-refractivity contribution is 9.10. The normalized spacial score (nSPS) is 21.1. The summed E-state index contributed by atoms with van der Waals surface area (Å²) < 4.78 is 6.49. The first-order chi connectivity index (χ1) is 8.39. The Morgan fingerprint density at radius 1 is 1.39 bits per heavy atom. The van der Waals surface area contributed by atoms with Crippen LogP contribution in [-0.2, 0) is 10.2 Å². The molecule has 0 spiro atoms. The summed E-state index contributed by atoms with van der Waals surface area (Å²) in [6, 6.07) is 0. The molecule has 2 heterocycles. The van der Waals surface area contributed by atoms with Gasteiger partial charge in [-0.1, -0.05) is 32.4 Å². The first-order valence-corrected chi connectivity index (χ1v) is 8.15. The van der Waals surface area contributed by atoms with Crippen LogP contribution in [0.3, 0.4) is 0 Å². The van der Waals surface area contributed by atoms with Crippen molar-refractivity contribution in [3.63, 3.8) is 0 Å². The molecule has 1 saturated heterocycles. The lowest BCUT2D eigenvalue weighted by Gasteiger charge is -2.25. The molecular formula is C12H16BrClN2OS. The summed E-state index contributed by atoms with van der Waals surface area (Å²) >= 11 is 11.5. The van der Waals surface area contributed by atoms with Crippen molar-refractivity contribution in [3.05, 3.63) is 21.1 Å². The summed E-state index contributed by atoms with van der Waals surface area (Å²) in [5.41, 5.74) is 0.846. The zero-order chi connectivity index (χ0) is 13.3. The maximum atomic E-state index is 6.18.